The number of carbonyl (C=O) groups excluding carboxylic acids is 1. The topological polar surface area (TPSA) is 46.5 Å². The molecule has 1 aliphatic rings. The highest BCUT2D eigenvalue weighted by Crippen LogP contribution is 2.30. The predicted molar refractivity (Wildman–Crippen MR) is 58.4 cm³/mol. The van der Waals surface area contributed by atoms with Crippen LogP contribution in [0.25, 0.3) is 0 Å². The average Bonchev–Trinajstić information content (AvgIpc) is 2.15. The van der Waals surface area contributed by atoms with Gasteiger partial charge in [0, 0.05) is 6.61 Å². The molecule has 0 heterocycles. The van der Waals surface area contributed by atoms with Gasteiger partial charge in [-0.2, -0.15) is 0 Å². The Balaban J connectivity index is 2.37. The second kappa shape index (κ2) is 4.97. The number of hydrogen-bond acceptors (Lipinski definition) is 3. The van der Waals surface area contributed by atoms with Crippen molar-refractivity contribution in [2.75, 3.05) is 6.61 Å². The van der Waals surface area contributed by atoms with Crippen molar-refractivity contribution in [3.05, 3.63) is 0 Å². The van der Waals surface area contributed by atoms with E-state index in [-0.39, 0.29) is 24.1 Å². The van der Waals surface area contributed by atoms with E-state index < -0.39 is 0 Å². The summed E-state index contributed by atoms with van der Waals surface area (Å²) in [5.41, 5.74) is -0.384. The summed E-state index contributed by atoms with van der Waals surface area (Å²) >= 11 is 0. The zero-order valence-electron chi connectivity index (χ0n) is 9.95. The van der Waals surface area contributed by atoms with Gasteiger partial charge in [-0.05, 0) is 52.4 Å². The maximum atomic E-state index is 11.7. The van der Waals surface area contributed by atoms with Gasteiger partial charge >= 0.3 is 5.97 Å². The highest BCUT2D eigenvalue weighted by molar-refractivity contribution is 5.72. The molecule has 88 valence electrons. The molecule has 0 aromatic rings. The summed E-state index contributed by atoms with van der Waals surface area (Å²) in [7, 11) is 0. The summed E-state index contributed by atoms with van der Waals surface area (Å²) in [5.74, 6) is 0.370. The van der Waals surface area contributed by atoms with Gasteiger partial charge in [0.15, 0.2) is 0 Å². The van der Waals surface area contributed by atoms with Crippen LogP contribution < -0.4 is 0 Å². The van der Waals surface area contributed by atoms with E-state index in [0.717, 1.165) is 25.7 Å². The SMILES string of the molecule is CC(C)(C)OC(=O)[C@H]1CC[C@H](CO)CC1. The monoisotopic (exact) mass is 214 g/mol. The lowest BCUT2D eigenvalue weighted by Gasteiger charge is -2.28. The summed E-state index contributed by atoms with van der Waals surface area (Å²) in [4.78, 5) is 11.7. The molecule has 0 spiro atoms. The summed E-state index contributed by atoms with van der Waals surface area (Å²) in [6.07, 6.45) is 3.61. The second-order valence-corrected chi connectivity index (χ2v) is 5.43. The Morgan fingerprint density at radius 3 is 2.20 bits per heavy atom. The van der Waals surface area contributed by atoms with E-state index in [1.165, 1.54) is 0 Å². The van der Waals surface area contributed by atoms with Crippen LogP contribution in [0.5, 0.6) is 0 Å². The van der Waals surface area contributed by atoms with Crippen LogP contribution in [-0.2, 0) is 9.53 Å². The Morgan fingerprint density at radius 1 is 1.27 bits per heavy atom. The third kappa shape index (κ3) is 4.20. The quantitative estimate of drug-likeness (QED) is 0.716. The van der Waals surface area contributed by atoms with Crippen LogP contribution in [-0.4, -0.2) is 23.3 Å². The lowest BCUT2D eigenvalue weighted by molar-refractivity contribution is -0.161. The van der Waals surface area contributed by atoms with E-state index in [1.807, 2.05) is 20.8 Å². The van der Waals surface area contributed by atoms with Gasteiger partial charge < -0.3 is 9.84 Å². The molecule has 0 radical (unpaired) electrons. The van der Waals surface area contributed by atoms with Crippen LogP contribution in [0.2, 0.25) is 0 Å². The van der Waals surface area contributed by atoms with Gasteiger partial charge in [-0.1, -0.05) is 0 Å². The molecule has 0 saturated heterocycles. The number of aliphatic hydroxyl groups is 1. The van der Waals surface area contributed by atoms with Crippen LogP contribution in [0.3, 0.4) is 0 Å². The van der Waals surface area contributed by atoms with Crippen LogP contribution in [0.4, 0.5) is 0 Å². The van der Waals surface area contributed by atoms with E-state index in [9.17, 15) is 4.79 Å². The van der Waals surface area contributed by atoms with Crippen molar-refractivity contribution in [2.24, 2.45) is 11.8 Å². The first-order chi connectivity index (χ1) is 6.92. The van der Waals surface area contributed by atoms with Gasteiger partial charge in [0.25, 0.3) is 0 Å². The standard InChI is InChI=1S/C12H22O3/c1-12(2,3)15-11(14)10-6-4-9(8-13)5-7-10/h9-10,13H,4-8H2,1-3H3/t9-,10-. The number of esters is 1. The van der Waals surface area contributed by atoms with Crippen LogP contribution in [0.1, 0.15) is 46.5 Å². The van der Waals surface area contributed by atoms with Crippen LogP contribution in [0, 0.1) is 11.8 Å². The van der Waals surface area contributed by atoms with E-state index >= 15 is 0 Å². The van der Waals surface area contributed by atoms with Gasteiger partial charge in [0.05, 0.1) is 5.92 Å². The number of rotatable bonds is 2. The van der Waals surface area contributed by atoms with Gasteiger partial charge in [0.2, 0.25) is 0 Å². The molecule has 0 amide bonds. The van der Waals surface area contributed by atoms with E-state index in [0.29, 0.717) is 5.92 Å². The third-order valence-electron chi connectivity index (χ3n) is 2.85. The Hall–Kier alpha value is -0.570. The predicted octanol–water partition coefficient (Wildman–Crippen LogP) is 2.13. The van der Waals surface area contributed by atoms with Crippen molar-refractivity contribution in [1.29, 1.82) is 0 Å². The molecule has 0 aromatic heterocycles. The Morgan fingerprint density at radius 2 is 1.80 bits per heavy atom. The summed E-state index contributed by atoms with van der Waals surface area (Å²) in [6, 6.07) is 0. The van der Waals surface area contributed by atoms with E-state index in [4.69, 9.17) is 9.84 Å². The molecule has 3 heteroatoms. The van der Waals surface area contributed by atoms with E-state index in [1.54, 1.807) is 0 Å². The van der Waals surface area contributed by atoms with Crippen molar-refractivity contribution in [2.45, 2.75) is 52.1 Å². The fourth-order valence-electron chi connectivity index (χ4n) is 1.97. The highest BCUT2D eigenvalue weighted by Gasteiger charge is 2.29. The molecular formula is C12H22O3. The fraction of sp³-hybridized carbons (Fsp3) is 0.917. The molecule has 1 fully saturated rings. The first-order valence-electron chi connectivity index (χ1n) is 5.76. The number of aliphatic hydroxyl groups excluding tert-OH is 1. The van der Waals surface area contributed by atoms with Crippen molar-refractivity contribution >= 4 is 5.97 Å². The zero-order chi connectivity index (χ0) is 11.5. The lowest BCUT2D eigenvalue weighted by Crippen LogP contribution is -2.31. The van der Waals surface area contributed by atoms with Crippen molar-refractivity contribution in [3.63, 3.8) is 0 Å². The molecule has 1 aliphatic carbocycles. The minimum atomic E-state index is -0.384. The fourth-order valence-corrected chi connectivity index (χ4v) is 1.97. The molecule has 0 unspecified atom stereocenters. The Kier molecular flexibility index (Phi) is 4.14. The molecule has 1 rings (SSSR count). The normalized spacial score (nSPS) is 27.5. The summed E-state index contributed by atoms with van der Waals surface area (Å²) < 4.78 is 5.34. The molecule has 0 aliphatic heterocycles. The smallest absolute Gasteiger partial charge is 0.309 e. The van der Waals surface area contributed by atoms with E-state index in [2.05, 4.69) is 0 Å². The maximum Gasteiger partial charge on any atom is 0.309 e. The molecule has 1 saturated carbocycles. The Bertz CT molecular complexity index is 209. The molecule has 0 bridgehead atoms. The molecular weight excluding hydrogens is 192 g/mol. The van der Waals surface area contributed by atoms with Crippen LogP contribution >= 0.6 is 0 Å². The molecule has 3 nitrogen and oxygen atoms in total. The first-order valence-corrected chi connectivity index (χ1v) is 5.76. The van der Waals surface area contributed by atoms with Gasteiger partial charge in [-0.15, -0.1) is 0 Å². The van der Waals surface area contributed by atoms with Crippen LogP contribution in [0.15, 0.2) is 0 Å². The summed E-state index contributed by atoms with van der Waals surface area (Å²) in [5, 5.41) is 8.99. The summed E-state index contributed by atoms with van der Waals surface area (Å²) in [6.45, 7) is 5.93. The minimum absolute atomic E-state index is 0.0482. The maximum absolute atomic E-state index is 11.7. The second-order valence-electron chi connectivity index (χ2n) is 5.43. The first kappa shape index (κ1) is 12.5. The molecule has 15 heavy (non-hydrogen) atoms. The number of ether oxygens (including phenoxy) is 1. The molecule has 0 aromatic carbocycles. The number of hydrogen-bond donors (Lipinski definition) is 1. The largest absolute Gasteiger partial charge is 0.460 e. The third-order valence-corrected chi connectivity index (χ3v) is 2.85. The lowest BCUT2D eigenvalue weighted by atomic mass is 9.82. The van der Waals surface area contributed by atoms with Crippen molar-refractivity contribution in [3.8, 4) is 0 Å². The highest BCUT2D eigenvalue weighted by atomic mass is 16.6. The van der Waals surface area contributed by atoms with Crippen molar-refractivity contribution < 1.29 is 14.6 Å². The molecule has 1 N–H and O–H groups in total. The zero-order valence-corrected chi connectivity index (χ0v) is 9.95. The number of carbonyl (C=O) groups is 1. The minimum Gasteiger partial charge on any atom is -0.460 e. The average molecular weight is 214 g/mol. The van der Waals surface area contributed by atoms with Crippen molar-refractivity contribution in [1.82, 2.24) is 0 Å². The van der Waals surface area contributed by atoms with Gasteiger partial charge in [0.1, 0.15) is 5.60 Å². The Labute approximate surface area is 91.8 Å². The van der Waals surface area contributed by atoms with Gasteiger partial charge in [-0.25, -0.2) is 0 Å². The molecule has 0 atom stereocenters. The van der Waals surface area contributed by atoms with Gasteiger partial charge in [-0.3, -0.25) is 4.79 Å².